The number of hydrogen-bond acceptors (Lipinski definition) is 0. The van der Waals surface area contributed by atoms with Gasteiger partial charge < -0.3 is 0 Å². The summed E-state index contributed by atoms with van der Waals surface area (Å²) in [6.45, 7) is 24.4. The van der Waals surface area contributed by atoms with Crippen LogP contribution in [-0.4, -0.2) is 23.7 Å². The molecule has 14 heteroatoms. The normalized spacial score (nSPS) is 24.3. The summed E-state index contributed by atoms with van der Waals surface area (Å²) in [5.41, 5.74) is 6.26. The van der Waals surface area contributed by atoms with E-state index in [9.17, 15) is 61.5 Å². The van der Waals surface area contributed by atoms with Gasteiger partial charge in [-0.3, -0.25) is 0 Å². The zero-order valence-corrected chi connectivity index (χ0v) is 51.9. The van der Waals surface area contributed by atoms with Crippen LogP contribution in [0.5, 0.6) is 0 Å². The molecule has 8 atom stereocenters. The molecule has 470 valence electrons. The highest BCUT2D eigenvalue weighted by atomic mass is 19.3. The molecule has 5 aromatic rings. The van der Waals surface area contributed by atoms with E-state index in [1.165, 1.54) is 19.4 Å². The van der Waals surface area contributed by atoms with E-state index in [0.717, 1.165) is 43.2 Å². The minimum absolute atomic E-state index is 0.0914. The summed E-state index contributed by atoms with van der Waals surface area (Å²) in [5, 5.41) is 0. The average Bonchev–Trinajstić information content (AvgIpc) is 3.59. The third-order valence-electron chi connectivity index (χ3n) is 17.0. The van der Waals surface area contributed by atoms with Crippen molar-refractivity contribution in [2.75, 3.05) is 0 Å². The van der Waals surface area contributed by atoms with Crippen LogP contribution >= 0.6 is 0 Å². The van der Waals surface area contributed by atoms with Gasteiger partial charge in [0.1, 0.15) is 0 Å². The molecule has 8 unspecified atom stereocenters. The highest BCUT2D eigenvalue weighted by Gasteiger charge is 2.43. The molecule has 0 N–H and O–H groups in total. The van der Waals surface area contributed by atoms with Gasteiger partial charge in [0.05, 0.1) is 0 Å². The maximum Gasteiger partial charge on any atom is 0.250 e. The highest BCUT2D eigenvalue weighted by Crippen LogP contribution is 2.43. The molecule has 0 heterocycles. The van der Waals surface area contributed by atoms with Crippen LogP contribution in [0, 0.1) is 124 Å². The lowest BCUT2D eigenvalue weighted by molar-refractivity contribution is -0.0931. The number of hydrogen-bond donors (Lipinski definition) is 0. The summed E-state index contributed by atoms with van der Waals surface area (Å²) in [7, 11) is 0. The predicted molar refractivity (Wildman–Crippen MR) is 315 cm³/mol. The standard InChI is InChI=1S/C16H16F2.C14H12F2.4C8H14F2.C8H8F2/c1-11-3-6-13(7-4-11)8-10-14-9-5-12(2)15(17)16(14)18;1-9-3-6-11(7-4-9)12-8-5-10(2)13(15)14(12)16;4*1-6-3-4-7(2)8(9,10)5-6;1-5-3-4-6(2)8(10)7(5)9/h3-7,9H,8,10H2,1-2H3;3-8H,1-2H3;4*6-7H,3-5H2,1-2H3;3-4H,1-2H3. The average molecular weight is 1200 g/mol. The van der Waals surface area contributed by atoms with Crippen molar-refractivity contribution in [3.63, 3.8) is 0 Å². The fourth-order valence-electron chi connectivity index (χ4n) is 10.3. The fourth-order valence-corrected chi connectivity index (χ4v) is 10.3. The molecule has 9 rings (SSSR count). The van der Waals surface area contributed by atoms with Crippen molar-refractivity contribution in [2.45, 2.75) is 211 Å². The van der Waals surface area contributed by atoms with E-state index in [4.69, 9.17) is 0 Å². The Balaban J connectivity index is 0.000000261. The Kier molecular flexibility index (Phi) is 28.6. The van der Waals surface area contributed by atoms with Gasteiger partial charge in [-0.2, -0.15) is 0 Å². The Morgan fingerprint density at radius 1 is 0.310 bits per heavy atom. The first kappa shape index (κ1) is 73.4. The summed E-state index contributed by atoms with van der Waals surface area (Å²) in [6.07, 6.45) is 8.24. The van der Waals surface area contributed by atoms with Gasteiger partial charge in [0, 0.05) is 54.9 Å². The van der Waals surface area contributed by atoms with Crippen LogP contribution in [0.1, 0.15) is 177 Å². The number of rotatable bonds is 4. The smallest absolute Gasteiger partial charge is 0.207 e. The molecule has 0 spiro atoms. The van der Waals surface area contributed by atoms with Crippen molar-refractivity contribution in [2.24, 2.45) is 47.3 Å². The van der Waals surface area contributed by atoms with Gasteiger partial charge >= 0.3 is 0 Å². The second-order valence-corrected chi connectivity index (χ2v) is 25.1. The molecule has 4 fully saturated rings. The molecule has 4 aliphatic carbocycles. The van der Waals surface area contributed by atoms with Crippen LogP contribution < -0.4 is 0 Å². The monoisotopic (exact) mass is 1200 g/mol. The van der Waals surface area contributed by atoms with Crippen LogP contribution in [0.3, 0.4) is 0 Å². The first-order valence-corrected chi connectivity index (χ1v) is 29.8. The van der Waals surface area contributed by atoms with Crippen molar-refractivity contribution >= 4 is 0 Å². The van der Waals surface area contributed by atoms with Crippen molar-refractivity contribution in [1.29, 1.82) is 0 Å². The lowest BCUT2D eigenvalue weighted by Crippen LogP contribution is -2.32. The lowest BCUT2D eigenvalue weighted by atomic mass is 9.81. The van der Waals surface area contributed by atoms with Gasteiger partial charge in [-0.05, 0) is 143 Å². The molecule has 0 amide bonds. The van der Waals surface area contributed by atoms with Gasteiger partial charge in [-0.15, -0.1) is 0 Å². The molecule has 0 aliphatic heterocycles. The van der Waals surface area contributed by atoms with Crippen molar-refractivity contribution in [3.8, 4) is 11.1 Å². The van der Waals surface area contributed by atoms with Crippen LogP contribution in [0.25, 0.3) is 11.1 Å². The summed E-state index contributed by atoms with van der Waals surface area (Å²) < 4.78 is 182. The largest absolute Gasteiger partial charge is 0.250 e. The maximum absolute atomic E-state index is 13.7. The zero-order valence-electron chi connectivity index (χ0n) is 51.9. The molecule has 4 saturated carbocycles. The molecule has 0 bridgehead atoms. The Morgan fingerprint density at radius 2 is 0.583 bits per heavy atom. The van der Waals surface area contributed by atoms with Crippen LogP contribution in [0.15, 0.2) is 84.9 Å². The van der Waals surface area contributed by atoms with Gasteiger partial charge in [-0.25, -0.2) is 61.5 Å². The van der Waals surface area contributed by atoms with E-state index < -0.39 is 82.3 Å². The highest BCUT2D eigenvalue weighted by molar-refractivity contribution is 5.65. The zero-order chi connectivity index (χ0) is 63.7. The summed E-state index contributed by atoms with van der Waals surface area (Å²) in [6, 6.07) is 25.1. The second-order valence-electron chi connectivity index (χ2n) is 25.1. The topological polar surface area (TPSA) is 0 Å². The van der Waals surface area contributed by atoms with Crippen molar-refractivity contribution in [3.05, 3.63) is 164 Å². The fraction of sp³-hybridized carbons (Fsp3) is 0.571. The third kappa shape index (κ3) is 23.1. The molecule has 4 aliphatic rings. The van der Waals surface area contributed by atoms with E-state index in [1.807, 2.05) is 77.9 Å². The molecular weight excluding hydrogens is 1110 g/mol. The Labute approximate surface area is 493 Å². The van der Waals surface area contributed by atoms with E-state index in [2.05, 4.69) is 0 Å². The number of aryl methyl sites for hydroxylation is 8. The summed E-state index contributed by atoms with van der Waals surface area (Å²) in [5.74, 6) is -14.7. The quantitative estimate of drug-likeness (QED) is 0.157. The number of halogens is 14. The molecule has 5 aromatic carbocycles. The van der Waals surface area contributed by atoms with Crippen molar-refractivity contribution < 1.29 is 61.5 Å². The minimum Gasteiger partial charge on any atom is -0.207 e. The third-order valence-corrected chi connectivity index (χ3v) is 17.0. The van der Waals surface area contributed by atoms with Crippen LogP contribution in [0.2, 0.25) is 0 Å². The SMILES string of the molecule is CC1CCC(C)C(F)(F)C1.CC1CCC(C)C(F)(F)C1.CC1CCC(C)C(F)(F)C1.CC1CCC(C)C(F)(F)C1.Cc1ccc(-c2ccc(C)c(F)c2F)cc1.Cc1ccc(C)c(F)c1F.Cc1ccc(CCc2ccc(C)c(F)c2F)cc1. The minimum atomic E-state index is -2.39. The molecule has 84 heavy (non-hydrogen) atoms. The molecular formula is C70H92F14. The van der Waals surface area contributed by atoms with E-state index in [1.54, 1.807) is 90.1 Å². The Bertz CT molecular complexity index is 2620. The lowest BCUT2D eigenvalue weighted by Gasteiger charge is -2.32. The van der Waals surface area contributed by atoms with E-state index in [-0.39, 0.29) is 49.4 Å². The predicted octanol–water partition coefficient (Wildman–Crippen LogP) is 23.5. The Morgan fingerprint density at radius 3 is 0.893 bits per heavy atom. The number of alkyl halides is 8. The maximum atomic E-state index is 13.7. The van der Waals surface area contributed by atoms with Gasteiger partial charge in [-0.1, -0.05) is 177 Å². The van der Waals surface area contributed by atoms with Crippen molar-refractivity contribution in [1.82, 2.24) is 0 Å². The van der Waals surface area contributed by atoms with Crippen LogP contribution in [0.4, 0.5) is 61.5 Å². The van der Waals surface area contributed by atoms with E-state index in [0.29, 0.717) is 71.0 Å². The van der Waals surface area contributed by atoms with Gasteiger partial charge in [0.15, 0.2) is 34.9 Å². The summed E-state index contributed by atoms with van der Waals surface area (Å²) in [4.78, 5) is 0. The molecule has 0 radical (unpaired) electrons. The second kappa shape index (κ2) is 32.7. The van der Waals surface area contributed by atoms with Crippen LogP contribution in [-0.2, 0) is 12.8 Å². The van der Waals surface area contributed by atoms with Gasteiger partial charge in [0.25, 0.3) is 23.7 Å². The molecule has 0 saturated heterocycles. The first-order chi connectivity index (χ1) is 38.9. The van der Waals surface area contributed by atoms with E-state index >= 15 is 0 Å². The Hall–Kier alpha value is -4.88. The van der Waals surface area contributed by atoms with Gasteiger partial charge in [0.2, 0.25) is 0 Å². The molecule has 0 nitrogen and oxygen atoms in total. The first-order valence-electron chi connectivity index (χ1n) is 29.8. The summed E-state index contributed by atoms with van der Waals surface area (Å²) >= 11 is 0. The number of benzene rings is 5. The molecule has 0 aromatic heterocycles.